The minimum absolute atomic E-state index is 0.789. The minimum Gasteiger partial charge on any atom is -0.311 e. The second-order valence-electron chi connectivity index (χ2n) is 5.60. The average Bonchev–Trinajstić information content (AvgIpc) is 2.68. The standard InChI is InChI=1S/C14H28N2S/c1-3-16-9-4-5-12(8-10-16)15-13-6-7-14(11-13)17-2/h12-15H,3-11H2,1-2H3. The Kier molecular flexibility index (Phi) is 5.64. The first-order chi connectivity index (χ1) is 8.31. The Labute approximate surface area is 111 Å². The van der Waals surface area contributed by atoms with Gasteiger partial charge in [-0.15, -0.1) is 0 Å². The van der Waals surface area contributed by atoms with E-state index in [0.29, 0.717) is 0 Å². The van der Waals surface area contributed by atoms with Gasteiger partial charge in [-0.2, -0.15) is 11.8 Å². The molecule has 2 rings (SSSR count). The predicted octanol–water partition coefficient (Wildman–Crippen LogP) is 2.73. The molecule has 0 bridgehead atoms. The fourth-order valence-electron chi connectivity index (χ4n) is 3.28. The third kappa shape index (κ3) is 4.15. The largest absolute Gasteiger partial charge is 0.311 e. The zero-order valence-corrected chi connectivity index (χ0v) is 12.3. The Morgan fingerprint density at radius 2 is 2.00 bits per heavy atom. The summed E-state index contributed by atoms with van der Waals surface area (Å²) in [5.74, 6) is 0. The number of nitrogens with one attached hydrogen (secondary N) is 1. The molecule has 2 nitrogen and oxygen atoms in total. The summed E-state index contributed by atoms with van der Waals surface area (Å²) in [6.07, 6.45) is 10.6. The van der Waals surface area contributed by atoms with Crippen LogP contribution < -0.4 is 5.32 Å². The Hall–Kier alpha value is 0.270. The van der Waals surface area contributed by atoms with Gasteiger partial charge in [0.15, 0.2) is 0 Å². The molecular weight excluding hydrogens is 228 g/mol. The smallest absolute Gasteiger partial charge is 0.00823 e. The van der Waals surface area contributed by atoms with Crippen molar-refractivity contribution >= 4 is 11.8 Å². The lowest BCUT2D eigenvalue weighted by molar-refractivity contribution is 0.295. The number of rotatable bonds is 4. The summed E-state index contributed by atoms with van der Waals surface area (Å²) in [5.41, 5.74) is 0. The molecule has 1 aliphatic carbocycles. The van der Waals surface area contributed by atoms with E-state index in [9.17, 15) is 0 Å². The van der Waals surface area contributed by atoms with Crippen LogP contribution in [-0.4, -0.2) is 48.1 Å². The van der Waals surface area contributed by atoms with Crippen molar-refractivity contribution in [1.29, 1.82) is 0 Å². The fraction of sp³-hybridized carbons (Fsp3) is 1.00. The van der Waals surface area contributed by atoms with Gasteiger partial charge < -0.3 is 10.2 Å². The van der Waals surface area contributed by atoms with Crippen LogP contribution in [0.15, 0.2) is 0 Å². The molecule has 100 valence electrons. The maximum absolute atomic E-state index is 3.93. The molecule has 0 amide bonds. The van der Waals surface area contributed by atoms with Gasteiger partial charge in [0.05, 0.1) is 0 Å². The molecule has 0 aromatic rings. The highest BCUT2D eigenvalue weighted by Crippen LogP contribution is 2.29. The molecule has 3 atom stereocenters. The van der Waals surface area contributed by atoms with Crippen LogP contribution in [-0.2, 0) is 0 Å². The van der Waals surface area contributed by atoms with Crippen molar-refractivity contribution in [2.24, 2.45) is 0 Å². The van der Waals surface area contributed by atoms with Gasteiger partial charge >= 0.3 is 0 Å². The first kappa shape index (κ1) is 13.7. The molecule has 17 heavy (non-hydrogen) atoms. The van der Waals surface area contributed by atoms with Gasteiger partial charge in [0, 0.05) is 17.3 Å². The topological polar surface area (TPSA) is 15.3 Å². The van der Waals surface area contributed by atoms with Crippen LogP contribution in [0.3, 0.4) is 0 Å². The summed E-state index contributed by atoms with van der Waals surface area (Å²) < 4.78 is 0. The Morgan fingerprint density at radius 1 is 1.12 bits per heavy atom. The Bertz CT molecular complexity index is 222. The normalized spacial score (nSPS) is 36.0. The van der Waals surface area contributed by atoms with Crippen molar-refractivity contribution in [2.45, 2.75) is 62.8 Å². The number of hydrogen-bond donors (Lipinski definition) is 1. The van der Waals surface area contributed by atoms with Crippen LogP contribution in [0, 0.1) is 0 Å². The number of hydrogen-bond acceptors (Lipinski definition) is 3. The van der Waals surface area contributed by atoms with Gasteiger partial charge in [0.1, 0.15) is 0 Å². The van der Waals surface area contributed by atoms with Crippen molar-refractivity contribution < 1.29 is 0 Å². The van der Waals surface area contributed by atoms with Crippen LogP contribution in [0.4, 0.5) is 0 Å². The lowest BCUT2D eigenvalue weighted by Gasteiger charge is -2.22. The SMILES string of the molecule is CCN1CCCC(NC2CCC(SC)C2)CC1. The molecule has 3 unspecified atom stereocenters. The van der Waals surface area contributed by atoms with Crippen molar-refractivity contribution in [2.75, 3.05) is 25.9 Å². The summed E-state index contributed by atoms with van der Waals surface area (Å²) in [6.45, 7) is 6.12. The molecule has 0 spiro atoms. The third-order valence-corrected chi connectivity index (χ3v) is 5.55. The van der Waals surface area contributed by atoms with Crippen LogP contribution in [0.5, 0.6) is 0 Å². The highest BCUT2D eigenvalue weighted by Gasteiger charge is 2.26. The Morgan fingerprint density at radius 3 is 2.71 bits per heavy atom. The molecule has 1 aliphatic heterocycles. The van der Waals surface area contributed by atoms with Gasteiger partial charge in [0.2, 0.25) is 0 Å². The fourth-order valence-corrected chi connectivity index (χ4v) is 4.07. The monoisotopic (exact) mass is 256 g/mol. The molecule has 0 aromatic carbocycles. The summed E-state index contributed by atoms with van der Waals surface area (Å²) in [4.78, 5) is 2.60. The van der Waals surface area contributed by atoms with Gasteiger partial charge in [-0.25, -0.2) is 0 Å². The molecule has 2 aliphatic rings. The van der Waals surface area contributed by atoms with E-state index in [4.69, 9.17) is 0 Å². The maximum atomic E-state index is 3.93. The van der Waals surface area contributed by atoms with Crippen molar-refractivity contribution in [3.8, 4) is 0 Å². The third-order valence-electron chi connectivity index (χ3n) is 4.46. The van der Waals surface area contributed by atoms with Gasteiger partial charge in [-0.05, 0) is 64.4 Å². The zero-order chi connectivity index (χ0) is 12.1. The van der Waals surface area contributed by atoms with Crippen LogP contribution >= 0.6 is 11.8 Å². The zero-order valence-electron chi connectivity index (χ0n) is 11.5. The lowest BCUT2D eigenvalue weighted by atomic mass is 10.1. The first-order valence-corrected chi connectivity index (χ1v) is 8.61. The summed E-state index contributed by atoms with van der Waals surface area (Å²) >= 11 is 2.06. The maximum Gasteiger partial charge on any atom is 0.00823 e. The average molecular weight is 256 g/mol. The molecule has 0 radical (unpaired) electrons. The number of likely N-dealkylation sites (tertiary alicyclic amines) is 1. The van der Waals surface area contributed by atoms with Crippen LogP contribution in [0.1, 0.15) is 45.4 Å². The van der Waals surface area contributed by atoms with E-state index in [0.717, 1.165) is 17.3 Å². The van der Waals surface area contributed by atoms with Crippen LogP contribution in [0.2, 0.25) is 0 Å². The Balaban J connectivity index is 1.72. The van der Waals surface area contributed by atoms with Crippen molar-refractivity contribution in [3.05, 3.63) is 0 Å². The summed E-state index contributed by atoms with van der Waals surface area (Å²) in [6, 6.07) is 1.60. The van der Waals surface area contributed by atoms with Gasteiger partial charge in [-0.3, -0.25) is 0 Å². The molecule has 1 N–H and O–H groups in total. The predicted molar refractivity (Wildman–Crippen MR) is 77.8 cm³/mol. The molecule has 3 heteroatoms. The van der Waals surface area contributed by atoms with E-state index in [2.05, 4.69) is 35.2 Å². The van der Waals surface area contributed by atoms with E-state index in [1.165, 1.54) is 58.2 Å². The minimum atomic E-state index is 0.789. The van der Waals surface area contributed by atoms with Crippen molar-refractivity contribution in [1.82, 2.24) is 10.2 Å². The van der Waals surface area contributed by atoms with E-state index in [-0.39, 0.29) is 0 Å². The molecule has 1 heterocycles. The number of thioether (sulfide) groups is 1. The highest BCUT2D eigenvalue weighted by atomic mass is 32.2. The summed E-state index contributed by atoms with van der Waals surface area (Å²) in [5, 5.41) is 4.85. The summed E-state index contributed by atoms with van der Waals surface area (Å²) in [7, 11) is 0. The highest BCUT2D eigenvalue weighted by molar-refractivity contribution is 7.99. The molecule has 0 aromatic heterocycles. The molecule has 2 fully saturated rings. The quantitative estimate of drug-likeness (QED) is 0.832. The molecule has 1 saturated carbocycles. The number of nitrogens with zero attached hydrogens (tertiary/aromatic N) is 1. The first-order valence-electron chi connectivity index (χ1n) is 7.33. The van der Waals surface area contributed by atoms with Crippen LogP contribution in [0.25, 0.3) is 0 Å². The van der Waals surface area contributed by atoms with Crippen molar-refractivity contribution in [3.63, 3.8) is 0 Å². The lowest BCUT2D eigenvalue weighted by Crippen LogP contribution is -2.37. The van der Waals surface area contributed by atoms with E-state index in [1.54, 1.807) is 0 Å². The van der Waals surface area contributed by atoms with E-state index in [1.807, 2.05) is 0 Å². The molecule has 1 saturated heterocycles. The van der Waals surface area contributed by atoms with Gasteiger partial charge in [-0.1, -0.05) is 6.92 Å². The van der Waals surface area contributed by atoms with E-state index >= 15 is 0 Å². The second kappa shape index (κ2) is 7.01. The van der Waals surface area contributed by atoms with E-state index < -0.39 is 0 Å². The second-order valence-corrected chi connectivity index (χ2v) is 6.73. The van der Waals surface area contributed by atoms with Gasteiger partial charge in [0.25, 0.3) is 0 Å². The molecular formula is C14H28N2S.